The number of rotatable bonds is 6. The van der Waals surface area contributed by atoms with Gasteiger partial charge < -0.3 is 70.0 Å². The van der Waals surface area contributed by atoms with Gasteiger partial charge in [0.15, 0.2) is 6.29 Å². The minimum atomic E-state index is -2.22. The number of aliphatic hydroxyl groups excluding tert-OH is 10. The maximum absolute atomic E-state index is 10.00. The first-order chi connectivity index (χ1) is 14.6. The van der Waals surface area contributed by atoms with Crippen molar-refractivity contribution in [3.63, 3.8) is 0 Å². The highest BCUT2D eigenvalue weighted by atomic mass is 16.8. The van der Waals surface area contributed by atoms with Gasteiger partial charge in [-0.15, -0.1) is 0 Å². The summed E-state index contributed by atoms with van der Waals surface area (Å²) in [5.74, 6) is -2.22. The van der Waals surface area contributed by atoms with Crippen molar-refractivity contribution in [2.75, 3.05) is 39.6 Å². The van der Waals surface area contributed by atoms with E-state index < -0.39 is 74.6 Å². The third-order valence-corrected chi connectivity index (χ3v) is 4.67. The van der Waals surface area contributed by atoms with E-state index in [-0.39, 0.29) is 13.2 Å². The molecule has 0 aromatic carbocycles. The van der Waals surface area contributed by atoms with Gasteiger partial charge in [0.05, 0.1) is 39.1 Å². The Hall–Kier alpha value is -0.560. The molecule has 0 aromatic rings. The molecular formula is C17H34O14. The summed E-state index contributed by atoms with van der Waals surface area (Å²) in [6, 6.07) is 0. The fourth-order valence-corrected chi connectivity index (χ4v) is 2.73. The van der Waals surface area contributed by atoms with Gasteiger partial charge in [-0.2, -0.15) is 0 Å². The molecule has 0 radical (unpaired) electrons. The zero-order valence-electron chi connectivity index (χ0n) is 17.0. The smallest absolute Gasteiger partial charge is 0.224 e. The normalized spacial score (nSPS) is 44.0. The van der Waals surface area contributed by atoms with Crippen molar-refractivity contribution in [1.82, 2.24) is 0 Å². The van der Waals surface area contributed by atoms with Gasteiger partial charge in [-0.1, -0.05) is 0 Å². The molecule has 14 nitrogen and oxygen atoms in total. The van der Waals surface area contributed by atoms with E-state index in [1.165, 1.54) is 0 Å². The van der Waals surface area contributed by atoms with Crippen LogP contribution in [0.15, 0.2) is 0 Å². The summed E-state index contributed by atoms with van der Waals surface area (Å²) in [5.41, 5.74) is 0. The van der Waals surface area contributed by atoms with Crippen LogP contribution in [0, 0.1) is 0 Å². The predicted molar refractivity (Wildman–Crippen MR) is 98.2 cm³/mol. The highest BCUT2D eigenvalue weighted by Crippen LogP contribution is 2.35. The summed E-state index contributed by atoms with van der Waals surface area (Å²) in [7, 11) is 0. The molecule has 0 spiro atoms. The van der Waals surface area contributed by atoms with Crippen molar-refractivity contribution >= 4 is 0 Å². The quantitative estimate of drug-likeness (QED) is 0.165. The van der Waals surface area contributed by atoms with Gasteiger partial charge >= 0.3 is 0 Å². The molecule has 3 aliphatic heterocycles. The summed E-state index contributed by atoms with van der Waals surface area (Å²) >= 11 is 0. The topological polar surface area (TPSA) is 243 Å². The van der Waals surface area contributed by atoms with E-state index in [1.54, 1.807) is 0 Å². The lowest BCUT2D eigenvalue weighted by atomic mass is 9.99. The van der Waals surface area contributed by atoms with Crippen molar-refractivity contribution in [1.29, 1.82) is 0 Å². The van der Waals surface area contributed by atoms with Crippen LogP contribution in [0.5, 0.6) is 0 Å². The summed E-state index contributed by atoms with van der Waals surface area (Å²) in [5, 5.41) is 91.9. The highest BCUT2D eigenvalue weighted by molar-refractivity contribution is 4.98. The minimum absolute atomic E-state index is 0.125. The van der Waals surface area contributed by atoms with Crippen LogP contribution in [0.2, 0.25) is 0 Å². The number of hydrogen-bond donors (Lipinski definition) is 10. The van der Waals surface area contributed by atoms with Crippen molar-refractivity contribution in [2.24, 2.45) is 0 Å². The van der Waals surface area contributed by atoms with E-state index in [2.05, 4.69) is 6.92 Å². The van der Waals surface area contributed by atoms with Crippen LogP contribution in [-0.2, 0) is 18.9 Å². The Morgan fingerprint density at radius 1 is 0.806 bits per heavy atom. The lowest BCUT2D eigenvalue weighted by Gasteiger charge is -2.43. The molecule has 0 bridgehead atoms. The van der Waals surface area contributed by atoms with Crippen LogP contribution in [0.4, 0.5) is 0 Å². The molecule has 3 aliphatic rings. The first kappa shape index (κ1) is 28.5. The molecule has 14 heteroatoms. The Labute approximate surface area is 178 Å². The standard InChI is InChI=1S/C12H22O11.C3H6O.C2H6O2/c13-1-4-6(16)8(18)9(19)11(21-4)23-12(3-15)10(20)7(17)5(2-14)22-12;1-3-2-4-3;3-1-2-4/h4-11,13-20H,1-3H2;3H,2H2,1H3;3-4H,1-2H2/t4-,5-,6-,7-,8+,9-,10+,11-,12+;;/m1../s1. The van der Waals surface area contributed by atoms with E-state index in [9.17, 15) is 30.6 Å². The van der Waals surface area contributed by atoms with E-state index in [1.807, 2.05) is 0 Å². The molecule has 3 heterocycles. The molecule has 0 saturated carbocycles. The van der Waals surface area contributed by atoms with E-state index in [4.69, 9.17) is 39.4 Å². The molecule has 10 atom stereocenters. The molecule has 3 fully saturated rings. The minimum Gasteiger partial charge on any atom is -0.394 e. The van der Waals surface area contributed by atoms with Gasteiger partial charge in [0.25, 0.3) is 0 Å². The average Bonchev–Trinajstić information content (AvgIpc) is 3.53. The third kappa shape index (κ3) is 7.48. The maximum Gasteiger partial charge on any atom is 0.224 e. The molecule has 10 N–H and O–H groups in total. The Morgan fingerprint density at radius 3 is 1.68 bits per heavy atom. The molecule has 0 aliphatic carbocycles. The first-order valence-corrected chi connectivity index (χ1v) is 9.69. The molecule has 1 unspecified atom stereocenters. The van der Waals surface area contributed by atoms with Gasteiger partial charge in [0.1, 0.15) is 49.3 Å². The molecule has 3 rings (SSSR count). The lowest BCUT2D eigenvalue weighted by Crippen LogP contribution is -2.62. The van der Waals surface area contributed by atoms with E-state index in [0.717, 1.165) is 6.61 Å². The number of hydrogen-bond acceptors (Lipinski definition) is 14. The molecule has 0 aromatic heterocycles. The van der Waals surface area contributed by atoms with Gasteiger partial charge in [0, 0.05) is 0 Å². The number of epoxide rings is 1. The van der Waals surface area contributed by atoms with E-state index >= 15 is 0 Å². The Morgan fingerprint density at radius 2 is 1.32 bits per heavy atom. The predicted octanol–water partition coefficient (Wildman–Crippen LogP) is -6.02. The average molecular weight is 462 g/mol. The number of aliphatic hydroxyl groups is 10. The van der Waals surface area contributed by atoms with Crippen LogP contribution in [0.25, 0.3) is 0 Å². The Balaban J connectivity index is 0.000000505. The summed E-state index contributed by atoms with van der Waals surface area (Å²) in [6.07, 6.45) is -12.1. The van der Waals surface area contributed by atoms with Gasteiger partial charge in [-0.05, 0) is 6.92 Å². The van der Waals surface area contributed by atoms with Crippen LogP contribution < -0.4 is 0 Å². The maximum atomic E-state index is 10.00. The second-order valence-corrected chi connectivity index (χ2v) is 7.15. The monoisotopic (exact) mass is 462 g/mol. The SMILES string of the molecule is CC1CO1.OCCO.OC[C@H]1O[C@@](CO)(O[C@H]2O[C@H](CO)[C@@H](O)[C@H](O)[C@H]2O)[C@@H](O)[C@@H]1O. The van der Waals surface area contributed by atoms with Gasteiger partial charge in [-0.3, -0.25) is 0 Å². The molecule has 31 heavy (non-hydrogen) atoms. The first-order valence-electron chi connectivity index (χ1n) is 9.69. The third-order valence-electron chi connectivity index (χ3n) is 4.67. The zero-order valence-corrected chi connectivity index (χ0v) is 17.0. The van der Waals surface area contributed by atoms with Crippen LogP contribution >= 0.6 is 0 Å². The van der Waals surface area contributed by atoms with Crippen molar-refractivity contribution in [3.05, 3.63) is 0 Å². The fourth-order valence-electron chi connectivity index (χ4n) is 2.73. The largest absolute Gasteiger partial charge is 0.394 e. The van der Waals surface area contributed by atoms with Crippen molar-refractivity contribution < 1.29 is 70.0 Å². The summed E-state index contributed by atoms with van der Waals surface area (Å²) < 4.78 is 20.2. The summed E-state index contributed by atoms with van der Waals surface area (Å²) in [6.45, 7) is 0.469. The molecule has 0 amide bonds. The van der Waals surface area contributed by atoms with Crippen LogP contribution in [-0.4, -0.2) is 152 Å². The summed E-state index contributed by atoms with van der Waals surface area (Å²) in [4.78, 5) is 0. The highest BCUT2D eigenvalue weighted by Gasteiger charge is 2.58. The molecular weight excluding hydrogens is 428 g/mol. The van der Waals surface area contributed by atoms with Crippen molar-refractivity contribution in [3.8, 4) is 0 Å². The van der Waals surface area contributed by atoms with E-state index in [0.29, 0.717) is 6.10 Å². The zero-order chi connectivity index (χ0) is 23.8. The van der Waals surface area contributed by atoms with Gasteiger partial charge in [0.2, 0.25) is 5.79 Å². The van der Waals surface area contributed by atoms with Gasteiger partial charge in [-0.25, -0.2) is 0 Å². The lowest BCUT2D eigenvalue weighted by molar-refractivity contribution is -0.383. The van der Waals surface area contributed by atoms with Crippen LogP contribution in [0.1, 0.15) is 6.92 Å². The fraction of sp³-hybridized carbons (Fsp3) is 1.00. The Bertz CT molecular complexity index is 489. The van der Waals surface area contributed by atoms with Crippen molar-refractivity contribution in [2.45, 2.75) is 67.8 Å². The molecule has 186 valence electrons. The van der Waals surface area contributed by atoms with Crippen LogP contribution in [0.3, 0.4) is 0 Å². The Kier molecular flexibility index (Phi) is 12.1. The molecule has 3 saturated heterocycles. The second kappa shape index (κ2) is 13.2. The number of ether oxygens (including phenoxy) is 4. The second-order valence-electron chi connectivity index (χ2n) is 7.15.